The molecule has 2 heterocycles. The minimum Gasteiger partial charge on any atom is -0.481 e. The molecule has 0 bridgehead atoms. The molecular formula is C31H34N4O7. The van der Waals surface area contributed by atoms with Crippen LogP contribution in [0.15, 0.2) is 60.7 Å². The van der Waals surface area contributed by atoms with Gasteiger partial charge in [-0.25, -0.2) is 9.97 Å². The van der Waals surface area contributed by atoms with Crippen molar-refractivity contribution in [1.29, 1.82) is 5.26 Å². The maximum Gasteiger partial charge on any atom is 0.217 e. The molecule has 2 aromatic carbocycles. The van der Waals surface area contributed by atoms with E-state index in [2.05, 4.69) is 11.1 Å². The van der Waals surface area contributed by atoms with Crippen LogP contribution in [0.5, 0.6) is 23.3 Å². The zero-order valence-electron chi connectivity index (χ0n) is 23.9. The molecule has 11 nitrogen and oxygen atoms in total. The number of benzene rings is 2. The van der Waals surface area contributed by atoms with Gasteiger partial charge in [0.05, 0.1) is 43.0 Å². The third-order valence-electron chi connectivity index (χ3n) is 6.98. The predicted octanol–water partition coefficient (Wildman–Crippen LogP) is 3.15. The molecule has 0 radical (unpaired) electrons. The summed E-state index contributed by atoms with van der Waals surface area (Å²) in [7, 11) is 6.77. The van der Waals surface area contributed by atoms with E-state index in [0.29, 0.717) is 45.7 Å². The fourth-order valence-electron chi connectivity index (χ4n) is 5.04. The molecule has 0 saturated carbocycles. The highest BCUT2D eigenvalue weighted by Crippen LogP contribution is 2.51. The van der Waals surface area contributed by atoms with Crippen molar-refractivity contribution in [3.63, 3.8) is 0 Å². The van der Waals surface area contributed by atoms with Crippen molar-refractivity contribution in [2.45, 2.75) is 17.9 Å². The number of rotatable bonds is 13. The van der Waals surface area contributed by atoms with Crippen LogP contribution in [0.2, 0.25) is 0 Å². The van der Waals surface area contributed by atoms with Gasteiger partial charge in [0.25, 0.3) is 0 Å². The fraction of sp³-hybridized carbons (Fsp3) is 0.323. The van der Waals surface area contributed by atoms with E-state index >= 15 is 0 Å². The van der Waals surface area contributed by atoms with Crippen LogP contribution < -0.4 is 18.9 Å². The first-order valence-electron chi connectivity index (χ1n) is 13.2. The Bertz CT molecular complexity index is 1570. The molecule has 0 aliphatic carbocycles. The van der Waals surface area contributed by atoms with E-state index in [1.54, 1.807) is 54.6 Å². The Hall–Kier alpha value is -4.47. The number of nitriles is 1. The summed E-state index contributed by atoms with van der Waals surface area (Å²) in [5.41, 5.74) is 0.488. The fourth-order valence-corrected chi connectivity index (χ4v) is 5.04. The molecule has 0 saturated heterocycles. The number of hydrogen-bond donors (Lipinski definition) is 3. The molecule has 2 atom stereocenters. The summed E-state index contributed by atoms with van der Waals surface area (Å²) in [6.45, 7) is -0.884. The second-order valence-corrected chi connectivity index (χ2v) is 9.80. The number of aliphatic hydroxyl groups is 3. The monoisotopic (exact) mass is 574 g/mol. The predicted molar refractivity (Wildman–Crippen MR) is 155 cm³/mol. The number of fused-ring (bicyclic) bond motifs is 1. The van der Waals surface area contributed by atoms with Crippen LogP contribution in [0.4, 0.5) is 0 Å². The van der Waals surface area contributed by atoms with Crippen LogP contribution in [0.3, 0.4) is 0 Å². The minimum absolute atomic E-state index is 0.109. The second kappa shape index (κ2) is 13.5. The van der Waals surface area contributed by atoms with Crippen LogP contribution in [0, 0.1) is 11.3 Å². The molecule has 0 amide bonds. The molecule has 0 aliphatic rings. The highest BCUT2D eigenvalue weighted by atomic mass is 16.6. The van der Waals surface area contributed by atoms with E-state index in [-0.39, 0.29) is 23.8 Å². The normalized spacial score (nSPS) is 13.3. The van der Waals surface area contributed by atoms with Crippen LogP contribution in [0.25, 0.3) is 10.9 Å². The molecule has 0 unspecified atom stereocenters. The van der Waals surface area contributed by atoms with E-state index < -0.39 is 25.1 Å². The van der Waals surface area contributed by atoms with Gasteiger partial charge in [-0.1, -0.05) is 18.2 Å². The lowest BCUT2D eigenvalue weighted by Gasteiger charge is -2.38. The van der Waals surface area contributed by atoms with Gasteiger partial charge >= 0.3 is 0 Å². The number of hydrogen-bond acceptors (Lipinski definition) is 11. The molecule has 11 heteroatoms. The summed E-state index contributed by atoms with van der Waals surface area (Å²) in [5, 5.41) is 42.6. The average Bonchev–Trinajstić information content (AvgIpc) is 3.01. The number of methoxy groups -OCH3 is 2. The SMILES string of the molecule is COc1cccc([C@](O)(CCN(C)C)[C@@H](c2cc3cc(C#N)ccc3nc2OC)c2cccc(OCO)c2OCO)n1. The van der Waals surface area contributed by atoms with Gasteiger partial charge in [-0.05, 0) is 56.9 Å². The largest absolute Gasteiger partial charge is 0.481 e. The lowest BCUT2D eigenvalue weighted by atomic mass is 9.73. The summed E-state index contributed by atoms with van der Waals surface area (Å²) >= 11 is 0. The number of pyridine rings is 2. The maximum absolute atomic E-state index is 12.9. The van der Waals surface area contributed by atoms with E-state index in [1.807, 2.05) is 25.1 Å². The van der Waals surface area contributed by atoms with Crippen LogP contribution in [-0.2, 0) is 5.60 Å². The smallest absolute Gasteiger partial charge is 0.217 e. The first kappa shape index (κ1) is 30.5. The number of para-hydroxylation sites is 1. The third-order valence-corrected chi connectivity index (χ3v) is 6.98. The van der Waals surface area contributed by atoms with E-state index in [0.717, 1.165) is 0 Å². The van der Waals surface area contributed by atoms with Gasteiger partial charge in [0.1, 0.15) is 5.60 Å². The summed E-state index contributed by atoms with van der Waals surface area (Å²) in [6.07, 6.45) is 0.188. The standard InChI is InChI=1S/C31H34N4O7/c1-35(2)14-13-31(38,26-9-6-10-27(34-26)39-3)28(22-7-5-8-25(41-18-36)29(22)42-19-37)23-16-21-15-20(17-32)11-12-24(21)33-30(23)40-4/h5-12,15-16,28,36-38H,13-14,18-19H2,1-4H3/t28-,31-/m1/s1. The Kier molecular flexibility index (Phi) is 9.77. The summed E-state index contributed by atoms with van der Waals surface area (Å²) in [5.74, 6) is -0.175. The van der Waals surface area contributed by atoms with Crippen LogP contribution in [-0.4, -0.2) is 78.6 Å². The van der Waals surface area contributed by atoms with Gasteiger partial charge in [-0.3, -0.25) is 0 Å². The lowest BCUT2D eigenvalue weighted by molar-refractivity contribution is -0.00253. The molecule has 0 aliphatic heterocycles. The summed E-state index contributed by atoms with van der Waals surface area (Å²) < 4.78 is 22.3. The van der Waals surface area contributed by atoms with Crippen LogP contribution in [0.1, 0.15) is 34.7 Å². The Morgan fingerprint density at radius 1 is 0.929 bits per heavy atom. The van der Waals surface area contributed by atoms with E-state index in [4.69, 9.17) is 23.9 Å². The molecule has 0 fully saturated rings. The average molecular weight is 575 g/mol. The minimum atomic E-state index is -1.74. The topological polar surface area (TPSA) is 150 Å². The first-order valence-corrected chi connectivity index (χ1v) is 13.2. The van der Waals surface area contributed by atoms with Gasteiger partial charge in [-0.2, -0.15) is 5.26 Å². The quantitative estimate of drug-likeness (QED) is 0.202. The number of aromatic nitrogens is 2. The van der Waals surface area contributed by atoms with Gasteiger partial charge in [0.15, 0.2) is 25.1 Å². The summed E-state index contributed by atoms with van der Waals surface area (Å²) in [4.78, 5) is 11.3. The molecule has 220 valence electrons. The Labute approximate surface area is 244 Å². The molecule has 4 aromatic rings. The lowest BCUT2D eigenvalue weighted by Crippen LogP contribution is -2.39. The highest BCUT2D eigenvalue weighted by Gasteiger charge is 2.45. The van der Waals surface area contributed by atoms with Gasteiger partial charge < -0.3 is 39.2 Å². The van der Waals surface area contributed by atoms with Crippen molar-refractivity contribution in [2.75, 3.05) is 48.4 Å². The molecule has 2 aromatic heterocycles. The van der Waals surface area contributed by atoms with Crippen LogP contribution >= 0.6 is 0 Å². The van der Waals surface area contributed by atoms with Crippen molar-refractivity contribution >= 4 is 10.9 Å². The molecule has 3 N–H and O–H groups in total. The van der Waals surface area contributed by atoms with Crippen molar-refractivity contribution in [1.82, 2.24) is 14.9 Å². The van der Waals surface area contributed by atoms with Crippen molar-refractivity contribution in [2.24, 2.45) is 0 Å². The maximum atomic E-state index is 12.9. The molecule has 42 heavy (non-hydrogen) atoms. The zero-order valence-corrected chi connectivity index (χ0v) is 23.9. The number of aliphatic hydroxyl groups excluding tert-OH is 2. The first-order chi connectivity index (χ1) is 20.3. The van der Waals surface area contributed by atoms with Gasteiger partial charge in [0, 0.05) is 29.1 Å². The molecular weight excluding hydrogens is 540 g/mol. The van der Waals surface area contributed by atoms with Crippen molar-refractivity contribution in [3.05, 3.63) is 83.0 Å². The van der Waals surface area contributed by atoms with E-state index in [9.17, 15) is 20.6 Å². The highest BCUT2D eigenvalue weighted by molar-refractivity contribution is 5.82. The zero-order chi connectivity index (χ0) is 30.3. The van der Waals surface area contributed by atoms with E-state index in [1.165, 1.54) is 14.2 Å². The van der Waals surface area contributed by atoms with Crippen molar-refractivity contribution < 1.29 is 34.3 Å². The Morgan fingerprint density at radius 3 is 2.36 bits per heavy atom. The number of ether oxygens (including phenoxy) is 4. The van der Waals surface area contributed by atoms with Gasteiger partial charge in [0.2, 0.25) is 11.8 Å². The number of nitrogens with zero attached hydrogens (tertiary/aromatic N) is 4. The third kappa shape index (κ3) is 6.22. The van der Waals surface area contributed by atoms with Gasteiger partial charge in [-0.15, -0.1) is 0 Å². The second-order valence-electron chi connectivity index (χ2n) is 9.80. The Balaban J connectivity index is 2.13. The Morgan fingerprint density at radius 2 is 1.69 bits per heavy atom. The molecule has 4 rings (SSSR count). The summed E-state index contributed by atoms with van der Waals surface area (Å²) in [6, 6.07) is 19.2. The molecule has 0 spiro atoms. The van der Waals surface area contributed by atoms with Crippen molar-refractivity contribution in [3.8, 4) is 29.3 Å².